The van der Waals surface area contributed by atoms with E-state index in [1.807, 2.05) is 43.4 Å². The minimum Gasteiger partial charge on any atom is -0.464 e. The summed E-state index contributed by atoms with van der Waals surface area (Å²) in [5, 5.41) is 0. The first-order chi connectivity index (χ1) is 8.75. The molecule has 1 aliphatic heterocycles. The first kappa shape index (κ1) is 10.9. The lowest BCUT2D eigenvalue weighted by Crippen LogP contribution is -2.29. The molecule has 4 heteroatoms. The third-order valence-electron chi connectivity index (χ3n) is 3.20. The van der Waals surface area contributed by atoms with Crippen LogP contribution in [0.1, 0.15) is 0 Å². The average Bonchev–Trinajstić information content (AvgIpc) is 3.02. The summed E-state index contributed by atoms with van der Waals surface area (Å²) in [4.78, 5) is 15.4. The number of carbonyl (C=O) groups is 1. The van der Waals surface area contributed by atoms with Gasteiger partial charge in [0, 0.05) is 31.4 Å². The molecular formula is C14H14N2O2. The molecule has 0 bridgehead atoms. The minimum atomic E-state index is 0.0562. The van der Waals surface area contributed by atoms with Crippen LogP contribution in [0.2, 0.25) is 0 Å². The van der Waals surface area contributed by atoms with Gasteiger partial charge in [-0.1, -0.05) is 0 Å². The summed E-state index contributed by atoms with van der Waals surface area (Å²) in [6.07, 6.45) is 1.65. The minimum absolute atomic E-state index is 0.0562. The lowest BCUT2D eigenvalue weighted by molar-refractivity contribution is 0.229. The van der Waals surface area contributed by atoms with E-state index in [0.717, 1.165) is 30.1 Å². The van der Waals surface area contributed by atoms with Gasteiger partial charge in [0.1, 0.15) is 5.76 Å². The molecule has 1 aromatic carbocycles. The van der Waals surface area contributed by atoms with Crippen molar-refractivity contribution >= 4 is 11.7 Å². The summed E-state index contributed by atoms with van der Waals surface area (Å²) < 4.78 is 5.33. The van der Waals surface area contributed by atoms with E-state index in [4.69, 9.17) is 4.42 Å². The summed E-state index contributed by atoms with van der Waals surface area (Å²) >= 11 is 0. The maximum atomic E-state index is 11.9. The van der Waals surface area contributed by atoms with Crippen molar-refractivity contribution in [2.45, 2.75) is 0 Å². The predicted octanol–water partition coefficient (Wildman–Crippen LogP) is 2.82. The smallest absolute Gasteiger partial charge is 0.324 e. The Kier molecular flexibility index (Phi) is 2.55. The first-order valence-electron chi connectivity index (χ1n) is 5.92. The van der Waals surface area contributed by atoms with Crippen molar-refractivity contribution in [2.75, 3.05) is 25.0 Å². The Morgan fingerprint density at radius 3 is 2.44 bits per heavy atom. The Hall–Kier alpha value is -2.23. The van der Waals surface area contributed by atoms with Gasteiger partial charge < -0.3 is 9.32 Å². The van der Waals surface area contributed by atoms with Crippen molar-refractivity contribution in [3.8, 4) is 11.3 Å². The second kappa shape index (κ2) is 4.22. The highest BCUT2D eigenvalue weighted by Gasteiger charge is 2.26. The van der Waals surface area contributed by atoms with Gasteiger partial charge in [-0.25, -0.2) is 4.79 Å². The number of rotatable bonds is 2. The van der Waals surface area contributed by atoms with Crippen LogP contribution in [-0.2, 0) is 0 Å². The fraction of sp³-hybridized carbons (Fsp3) is 0.214. The number of furan rings is 1. The fourth-order valence-corrected chi connectivity index (χ4v) is 2.14. The number of likely N-dealkylation sites (N-methyl/N-ethyl adjacent to an activating group) is 1. The summed E-state index contributed by atoms with van der Waals surface area (Å²) in [7, 11) is 1.82. The lowest BCUT2D eigenvalue weighted by atomic mass is 10.1. The zero-order valence-electron chi connectivity index (χ0n) is 10.2. The van der Waals surface area contributed by atoms with E-state index in [0.29, 0.717) is 0 Å². The molecule has 0 spiro atoms. The van der Waals surface area contributed by atoms with Crippen molar-refractivity contribution in [3.63, 3.8) is 0 Å². The quantitative estimate of drug-likeness (QED) is 0.812. The van der Waals surface area contributed by atoms with Gasteiger partial charge in [-0.3, -0.25) is 4.90 Å². The van der Waals surface area contributed by atoms with Gasteiger partial charge in [0.15, 0.2) is 0 Å². The molecule has 0 radical (unpaired) electrons. The Labute approximate surface area is 105 Å². The van der Waals surface area contributed by atoms with Crippen LogP contribution >= 0.6 is 0 Å². The largest absolute Gasteiger partial charge is 0.464 e. The molecule has 0 atom stereocenters. The van der Waals surface area contributed by atoms with Gasteiger partial charge in [0.25, 0.3) is 0 Å². The highest BCUT2D eigenvalue weighted by atomic mass is 16.3. The van der Waals surface area contributed by atoms with Crippen LogP contribution in [0.25, 0.3) is 11.3 Å². The third-order valence-corrected chi connectivity index (χ3v) is 3.20. The Morgan fingerprint density at radius 1 is 1.11 bits per heavy atom. The zero-order chi connectivity index (χ0) is 12.5. The number of carbonyl (C=O) groups excluding carboxylic acids is 1. The number of urea groups is 1. The molecule has 0 aliphatic carbocycles. The second-order valence-electron chi connectivity index (χ2n) is 4.38. The van der Waals surface area contributed by atoms with E-state index in [1.165, 1.54) is 0 Å². The van der Waals surface area contributed by atoms with Crippen molar-refractivity contribution in [1.82, 2.24) is 4.90 Å². The van der Waals surface area contributed by atoms with Crippen LogP contribution in [0.3, 0.4) is 0 Å². The molecule has 1 aromatic heterocycles. The Balaban J connectivity index is 1.86. The second-order valence-corrected chi connectivity index (χ2v) is 4.38. The molecule has 1 saturated heterocycles. The Morgan fingerprint density at radius 2 is 1.89 bits per heavy atom. The highest BCUT2D eigenvalue weighted by Crippen LogP contribution is 2.25. The molecule has 2 heterocycles. The molecule has 1 fully saturated rings. The summed E-state index contributed by atoms with van der Waals surface area (Å²) in [6, 6.07) is 11.7. The van der Waals surface area contributed by atoms with Gasteiger partial charge in [-0.05, 0) is 36.4 Å². The van der Waals surface area contributed by atoms with Gasteiger partial charge in [0.05, 0.1) is 6.26 Å². The third kappa shape index (κ3) is 1.76. The van der Waals surface area contributed by atoms with Crippen molar-refractivity contribution in [3.05, 3.63) is 42.7 Å². The SMILES string of the molecule is CN1CCN(c2ccc(-c3ccco3)cc2)C1=O. The van der Waals surface area contributed by atoms with E-state index >= 15 is 0 Å². The lowest BCUT2D eigenvalue weighted by Gasteiger charge is -2.16. The maximum absolute atomic E-state index is 11.9. The fourth-order valence-electron chi connectivity index (χ4n) is 2.14. The molecule has 92 valence electrons. The van der Waals surface area contributed by atoms with Crippen LogP contribution in [0.5, 0.6) is 0 Å². The summed E-state index contributed by atoms with van der Waals surface area (Å²) in [5.41, 5.74) is 1.95. The van der Waals surface area contributed by atoms with Crippen LogP contribution in [0, 0.1) is 0 Å². The van der Waals surface area contributed by atoms with E-state index in [-0.39, 0.29) is 6.03 Å². The van der Waals surface area contributed by atoms with Crippen molar-refractivity contribution < 1.29 is 9.21 Å². The van der Waals surface area contributed by atoms with Gasteiger partial charge in [0.2, 0.25) is 0 Å². The van der Waals surface area contributed by atoms with E-state index < -0.39 is 0 Å². The van der Waals surface area contributed by atoms with Crippen LogP contribution in [0.15, 0.2) is 47.1 Å². The van der Waals surface area contributed by atoms with Crippen LogP contribution in [-0.4, -0.2) is 31.1 Å². The summed E-state index contributed by atoms with van der Waals surface area (Å²) in [6.45, 7) is 1.52. The normalized spacial score (nSPS) is 15.5. The number of amides is 2. The molecular weight excluding hydrogens is 228 g/mol. The molecule has 3 rings (SSSR count). The predicted molar refractivity (Wildman–Crippen MR) is 69.5 cm³/mol. The van der Waals surface area contributed by atoms with Crippen molar-refractivity contribution in [2.24, 2.45) is 0 Å². The van der Waals surface area contributed by atoms with Gasteiger partial charge in [-0.2, -0.15) is 0 Å². The first-order valence-corrected chi connectivity index (χ1v) is 5.92. The molecule has 0 saturated carbocycles. The van der Waals surface area contributed by atoms with Crippen molar-refractivity contribution in [1.29, 1.82) is 0 Å². The van der Waals surface area contributed by atoms with Crippen LogP contribution < -0.4 is 4.90 Å². The molecule has 1 aliphatic rings. The number of hydrogen-bond acceptors (Lipinski definition) is 2. The maximum Gasteiger partial charge on any atom is 0.324 e. The van der Waals surface area contributed by atoms with E-state index in [2.05, 4.69) is 0 Å². The van der Waals surface area contributed by atoms with Crippen LogP contribution in [0.4, 0.5) is 10.5 Å². The standard InChI is InChI=1S/C14H14N2O2/c1-15-8-9-16(14(15)17)12-6-4-11(5-7-12)13-3-2-10-18-13/h2-7,10H,8-9H2,1H3. The van der Waals surface area contributed by atoms with Gasteiger partial charge >= 0.3 is 6.03 Å². The number of benzene rings is 1. The molecule has 0 N–H and O–H groups in total. The Bertz CT molecular complexity index is 546. The molecule has 4 nitrogen and oxygen atoms in total. The monoisotopic (exact) mass is 242 g/mol. The zero-order valence-corrected chi connectivity index (χ0v) is 10.2. The molecule has 0 unspecified atom stereocenters. The topological polar surface area (TPSA) is 36.7 Å². The number of hydrogen-bond donors (Lipinski definition) is 0. The van der Waals surface area contributed by atoms with E-state index in [9.17, 15) is 4.79 Å². The average molecular weight is 242 g/mol. The highest BCUT2D eigenvalue weighted by molar-refractivity contribution is 5.94. The van der Waals surface area contributed by atoms with Gasteiger partial charge in [-0.15, -0.1) is 0 Å². The van der Waals surface area contributed by atoms with E-state index in [1.54, 1.807) is 16.1 Å². The molecule has 2 aromatic rings. The number of nitrogens with zero attached hydrogens (tertiary/aromatic N) is 2. The molecule has 2 amide bonds. The number of anilines is 1. The summed E-state index contributed by atoms with van der Waals surface area (Å²) in [5.74, 6) is 0.839. The molecule has 18 heavy (non-hydrogen) atoms.